The lowest BCUT2D eigenvalue weighted by Gasteiger charge is -2.10. The highest BCUT2D eigenvalue weighted by atomic mass is 79.9. The highest BCUT2D eigenvalue weighted by Gasteiger charge is 2.17. The molecule has 2 N–H and O–H groups in total. The molecule has 9 nitrogen and oxygen atoms in total. The van der Waals surface area contributed by atoms with Crippen molar-refractivity contribution in [1.29, 1.82) is 0 Å². The van der Waals surface area contributed by atoms with Crippen molar-refractivity contribution in [2.24, 2.45) is 0 Å². The number of carbonyl (C=O) groups excluding carboxylic acids is 2. The summed E-state index contributed by atoms with van der Waals surface area (Å²) < 4.78 is 16.5. The maximum Gasteiger partial charge on any atom is 0.268 e. The summed E-state index contributed by atoms with van der Waals surface area (Å²) in [7, 11) is 1.54. The molecule has 0 saturated heterocycles. The van der Waals surface area contributed by atoms with E-state index in [0.29, 0.717) is 22.9 Å². The van der Waals surface area contributed by atoms with Crippen molar-refractivity contribution in [2.45, 2.75) is 6.54 Å². The summed E-state index contributed by atoms with van der Waals surface area (Å²) in [6.45, 7) is -0.0340. The Morgan fingerprint density at radius 2 is 1.94 bits per heavy atom. The van der Waals surface area contributed by atoms with Gasteiger partial charge in [-0.2, -0.15) is 4.98 Å². The number of rotatable bonds is 8. The summed E-state index contributed by atoms with van der Waals surface area (Å²) in [5.41, 5.74) is 1.11. The van der Waals surface area contributed by atoms with Crippen LogP contribution in [0.15, 0.2) is 86.0 Å². The van der Waals surface area contributed by atoms with Crippen molar-refractivity contribution >= 4 is 33.8 Å². The number of nitrogens with zero attached hydrogens (tertiary/aromatic N) is 2. The number of hydrogen-bond donors (Lipinski definition) is 2. The Labute approximate surface area is 202 Å². The second kappa shape index (κ2) is 10.6. The van der Waals surface area contributed by atoms with Crippen molar-refractivity contribution in [3.05, 3.63) is 94.3 Å². The van der Waals surface area contributed by atoms with E-state index in [2.05, 4.69) is 36.7 Å². The van der Waals surface area contributed by atoms with Crippen LogP contribution in [0.1, 0.15) is 22.0 Å². The Morgan fingerprint density at radius 1 is 1.12 bits per heavy atom. The highest BCUT2D eigenvalue weighted by Crippen LogP contribution is 2.20. The van der Waals surface area contributed by atoms with Gasteiger partial charge in [-0.1, -0.05) is 33.2 Å². The van der Waals surface area contributed by atoms with Crippen LogP contribution < -0.4 is 15.4 Å². The van der Waals surface area contributed by atoms with E-state index in [-0.39, 0.29) is 18.1 Å². The zero-order chi connectivity index (χ0) is 23.9. The zero-order valence-electron chi connectivity index (χ0n) is 17.9. The molecular formula is C24H19BrN4O5. The summed E-state index contributed by atoms with van der Waals surface area (Å²) in [4.78, 5) is 29.9. The van der Waals surface area contributed by atoms with Crippen LogP contribution in [-0.2, 0) is 11.3 Å². The topological polar surface area (TPSA) is 119 Å². The maximum atomic E-state index is 12.9. The monoisotopic (exact) mass is 522 g/mol. The molecule has 0 atom stereocenters. The van der Waals surface area contributed by atoms with E-state index < -0.39 is 11.8 Å². The van der Waals surface area contributed by atoms with Gasteiger partial charge in [-0.15, -0.1) is 0 Å². The van der Waals surface area contributed by atoms with Crippen molar-refractivity contribution in [3.63, 3.8) is 0 Å². The van der Waals surface area contributed by atoms with E-state index >= 15 is 0 Å². The zero-order valence-corrected chi connectivity index (χ0v) is 19.5. The van der Waals surface area contributed by atoms with Crippen LogP contribution in [0.2, 0.25) is 0 Å². The molecule has 0 aliphatic heterocycles. The number of ether oxygens (including phenoxy) is 1. The van der Waals surface area contributed by atoms with Gasteiger partial charge in [0.05, 0.1) is 19.9 Å². The summed E-state index contributed by atoms with van der Waals surface area (Å²) in [5.74, 6) is 0.593. The number of aromatic nitrogens is 2. The van der Waals surface area contributed by atoms with E-state index in [1.165, 1.54) is 19.4 Å². The average Bonchev–Trinajstić information content (AvgIpc) is 3.54. The molecule has 0 saturated carbocycles. The molecule has 34 heavy (non-hydrogen) atoms. The molecule has 4 rings (SSSR count). The molecule has 0 unspecified atom stereocenters. The predicted molar refractivity (Wildman–Crippen MR) is 126 cm³/mol. The third kappa shape index (κ3) is 5.78. The van der Waals surface area contributed by atoms with Gasteiger partial charge >= 0.3 is 0 Å². The fourth-order valence-corrected chi connectivity index (χ4v) is 3.33. The molecule has 2 heterocycles. The third-order valence-corrected chi connectivity index (χ3v) is 5.12. The number of nitrogens with one attached hydrogen (secondary N) is 2. The smallest absolute Gasteiger partial charge is 0.268 e. The molecule has 2 aromatic carbocycles. The van der Waals surface area contributed by atoms with E-state index in [9.17, 15) is 9.59 Å². The van der Waals surface area contributed by atoms with Crippen LogP contribution in [0.3, 0.4) is 0 Å². The number of halogens is 1. The van der Waals surface area contributed by atoms with Gasteiger partial charge in [-0.05, 0) is 48.5 Å². The van der Waals surface area contributed by atoms with E-state index in [1.807, 2.05) is 24.3 Å². The lowest BCUT2D eigenvalue weighted by atomic mass is 10.2. The molecule has 0 fully saturated rings. The minimum absolute atomic E-state index is 0.0116. The SMILES string of the molecule is COc1ccc(C(=O)N/C(=C\c2ccco2)C(=O)NCc2nc(-c3cccc(Br)c3)no2)cc1. The van der Waals surface area contributed by atoms with Crippen molar-refractivity contribution in [1.82, 2.24) is 20.8 Å². The normalized spacial score (nSPS) is 11.2. The largest absolute Gasteiger partial charge is 0.497 e. The maximum absolute atomic E-state index is 12.9. The number of benzene rings is 2. The molecule has 0 aliphatic rings. The molecule has 2 amide bonds. The molecule has 0 radical (unpaired) electrons. The van der Waals surface area contributed by atoms with Crippen LogP contribution in [-0.4, -0.2) is 29.1 Å². The van der Waals surface area contributed by atoms with Crippen LogP contribution in [0.4, 0.5) is 0 Å². The number of carbonyl (C=O) groups is 2. The van der Waals surface area contributed by atoms with Gasteiger partial charge in [0.15, 0.2) is 0 Å². The van der Waals surface area contributed by atoms with Crippen LogP contribution in [0.25, 0.3) is 17.5 Å². The van der Waals surface area contributed by atoms with Gasteiger partial charge in [0, 0.05) is 21.7 Å². The molecule has 2 aromatic heterocycles. The first-order chi connectivity index (χ1) is 16.5. The minimum atomic E-state index is -0.555. The Bertz CT molecular complexity index is 1310. The summed E-state index contributed by atoms with van der Waals surface area (Å²) in [5, 5.41) is 9.24. The Morgan fingerprint density at radius 3 is 2.65 bits per heavy atom. The second-order valence-electron chi connectivity index (χ2n) is 6.96. The number of furan rings is 1. The fraction of sp³-hybridized carbons (Fsp3) is 0.0833. The highest BCUT2D eigenvalue weighted by molar-refractivity contribution is 9.10. The molecule has 0 spiro atoms. The van der Waals surface area contributed by atoms with Crippen LogP contribution >= 0.6 is 15.9 Å². The van der Waals surface area contributed by atoms with Gasteiger partial charge in [0.2, 0.25) is 11.7 Å². The molecule has 10 heteroatoms. The van der Waals surface area contributed by atoms with Crippen LogP contribution in [0.5, 0.6) is 5.75 Å². The Kier molecular flexibility index (Phi) is 7.19. The summed E-state index contributed by atoms with van der Waals surface area (Å²) >= 11 is 3.40. The Hall–Kier alpha value is -4.18. The average molecular weight is 523 g/mol. The Balaban J connectivity index is 1.46. The van der Waals surface area contributed by atoms with Crippen molar-refractivity contribution in [2.75, 3.05) is 7.11 Å². The quantitative estimate of drug-likeness (QED) is 0.333. The number of hydrogen-bond acceptors (Lipinski definition) is 7. The second-order valence-corrected chi connectivity index (χ2v) is 7.88. The third-order valence-electron chi connectivity index (χ3n) is 4.63. The first-order valence-corrected chi connectivity index (χ1v) is 10.9. The summed E-state index contributed by atoms with van der Waals surface area (Å²) in [6, 6.07) is 17.3. The van der Waals surface area contributed by atoms with Gasteiger partial charge in [0.1, 0.15) is 17.2 Å². The van der Waals surface area contributed by atoms with Crippen LogP contribution in [0, 0.1) is 0 Å². The van der Waals surface area contributed by atoms with Gasteiger partial charge in [-0.25, -0.2) is 0 Å². The molecule has 0 bridgehead atoms. The minimum Gasteiger partial charge on any atom is -0.497 e. The number of methoxy groups -OCH3 is 1. The number of amides is 2. The van der Waals surface area contributed by atoms with E-state index in [1.54, 1.807) is 36.4 Å². The fourth-order valence-electron chi connectivity index (χ4n) is 2.93. The van der Waals surface area contributed by atoms with E-state index in [0.717, 1.165) is 10.0 Å². The molecule has 0 aliphatic carbocycles. The van der Waals surface area contributed by atoms with Crippen molar-refractivity contribution in [3.8, 4) is 17.1 Å². The first-order valence-electron chi connectivity index (χ1n) is 10.1. The lowest BCUT2D eigenvalue weighted by molar-refractivity contribution is -0.118. The van der Waals surface area contributed by atoms with Gasteiger partial charge < -0.3 is 24.3 Å². The van der Waals surface area contributed by atoms with Crippen molar-refractivity contribution < 1.29 is 23.3 Å². The van der Waals surface area contributed by atoms with Gasteiger partial charge in [0.25, 0.3) is 11.8 Å². The molecule has 4 aromatic rings. The lowest BCUT2D eigenvalue weighted by Crippen LogP contribution is -2.34. The standard InChI is InChI=1S/C24H19BrN4O5/c1-32-18-9-7-15(8-10-18)23(30)27-20(13-19-6-3-11-33-19)24(31)26-14-21-28-22(29-34-21)16-4-2-5-17(25)12-16/h2-13H,14H2,1H3,(H,26,31)(H,27,30)/b20-13-. The first kappa shape index (κ1) is 23.0. The predicted octanol–water partition coefficient (Wildman–Crippen LogP) is 4.19. The van der Waals surface area contributed by atoms with Gasteiger partial charge in [-0.3, -0.25) is 9.59 Å². The van der Waals surface area contributed by atoms with E-state index in [4.69, 9.17) is 13.7 Å². The molecule has 172 valence electrons. The summed E-state index contributed by atoms with van der Waals surface area (Å²) in [6.07, 6.45) is 2.89. The molecular weight excluding hydrogens is 504 g/mol.